The van der Waals surface area contributed by atoms with Crippen LogP contribution in [-0.4, -0.2) is 35.8 Å². The molecule has 0 atom stereocenters. The number of nitrogens with two attached hydrogens (primary N) is 1. The van der Waals surface area contributed by atoms with E-state index in [1.807, 2.05) is 20.8 Å². The Bertz CT molecular complexity index is 388. The molecule has 1 saturated heterocycles. The van der Waals surface area contributed by atoms with Crippen LogP contribution < -0.4 is 5.73 Å². The van der Waals surface area contributed by atoms with Gasteiger partial charge in [-0.3, -0.25) is 0 Å². The van der Waals surface area contributed by atoms with Crippen LogP contribution in [-0.2, 0) is 9.47 Å². The predicted octanol–water partition coefficient (Wildman–Crippen LogP) is 2.16. The molecule has 5 heteroatoms. The minimum atomic E-state index is -0.474. The number of hydrogen-bond acceptors (Lipinski definition) is 4. The lowest BCUT2D eigenvalue weighted by atomic mass is 10.1. The van der Waals surface area contributed by atoms with Gasteiger partial charge in [0.05, 0.1) is 13.1 Å². The number of likely N-dealkylation sites (tertiary alicyclic amines) is 1. The van der Waals surface area contributed by atoms with E-state index in [2.05, 4.69) is 6.58 Å². The summed E-state index contributed by atoms with van der Waals surface area (Å²) in [6, 6.07) is 0. The van der Waals surface area contributed by atoms with Gasteiger partial charge >= 0.3 is 6.09 Å². The van der Waals surface area contributed by atoms with Crippen molar-refractivity contribution >= 4 is 6.09 Å². The Morgan fingerprint density at radius 1 is 1.42 bits per heavy atom. The van der Waals surface area contributed by atoms with Gasteiger partial charge in [0.2, 0.25) is 0 Å². The van der Waals surface area contributed by atoms with Crippen molar-refractivity contribution in [2.45, 2.75) is 32.5 Å². The first kappa shape index (κ1) is 15.1. The molecule has 0 aromatic carbocycles. The summed E-state index contributed by atoms with van der Waals surface area (Å²) >= 11 is 0. The molecule has 1 aliphatic rings. The number of nitrogens with zero attached hydrogens (tertiary/aromatic N) is 1. The van der Waals surface area contributed by atoms with E-state index in [9.17, 15) is 4.79 Å². The summed E-state index contributed by atoms with van der Waals surface area (Å²) in [6.45, 7) is 10.1. The van der Waals surface area contributed by atoms with Crippen molar-refractivity contribution in [3.8, 4) is 0 Å². The van der Waals surface area contributed by atoms with E-state index in [0.717, 1.165) is 0 Å². The van der Waals surface area contributed by atoms with E-state index in [1.54, 1.807) is 23.1 Å². The number of hydrogen-bond donors (Lipinski definition) is 1. The van der Waals surface area contributed by atoms with Gasteiger partial charge in [-0.2, -0.15) is 0 Å². The molecule has 0 spiro atoms. The molecule has 5 nitrogen and oxygen atoms in total. The molecular formula is C14H22N2O3. The highest BCUT2D eigenvalue weighted by atomic mass is 16.6. The molecule has 0 unspecified atom stereocenters. The predicted molar refractivity (Wildman–Crippen MR) is 74.3 cm³/mol. The first-order valence-corrected chi connectivity index (χ1v) is 6.21. The maximum atomic E-state index is 11.7. The Labute approximate surface area is 114 Å². The van der Waals surface area contributed by atoms with E-state index in [0.29, 0.717) is 18.8 Å². The zero-order valence-corrected chi connectivity index (χ0v) is 11.8. The van der Waals surface area contributed by atoms with E-state index < -0.39 is 5.60 Å². The van der Waals surface area contributed by atoms with E-state index in [1.165, 1.54) is 6.20 Å². The number of allylic oxidation sites excluding steroid dienone is 3. The number of carbonyl (C=O) groups excluding carboxylic acids is 1. The van der Waals surface area contributed by atoms with Gasteiger partial charge in [0.15, 0.2) is 0 Å². The van der Waals surface area contributed by atoms with Gasteiger partial charge in [0.1, 0.15) is 17.5 Å². The standard InChI is InChI=1S/C14H22N2O3/c1-5-6-7-11(8-15)18-12-9-16(10-12)13(17)19-14(2,3)4/h5-8,12H,1,9-10,15H2,2-4H3/b7-6-,11-8+. The normalized spacial score (nSPS) is 17.2. The topological polar surface area (TPSA) is 64.8 Å². The summed E-state index contributed by atoms with van der Waals surface area (Å²) in [6.07, 6.45) is 6.13. The van der Waals surface area contributed by atoms with Crippen molar-refractivity contribution in [2.24, 2.45) is 5.73 Å². The number of carbonyl (C=O) groups is 1. The minimum absolute atomic E-state index is 0.0446. The van der Waals surface area contributed by atoms with Gasteiger partial charge in [-0.1, -0.05) is 18.7 Å². The fourth-order valence-corrected chi connectivity index (χ4v) is 1.48. The second-order valence-electron chi connectivity index (χ2n) is 5.29. The highest BCUT2D eigenvalue weighted by molar-refractivity contribution is 5.69. The molecule has 1 heterocycles. The Kier molecular flexibility index (Phi) is 5.03. The van der Waals surface area contributed by atoms with Crippen LogP contribution >= 0.6 is 0 Å². The molecule has 0 radical (unpaired) electrons. The van der Waals surface area contributed by atoms with Crippen LogP contribution in [0.3, 0.4) is 0 Å². The van der Waals surface area contributed by atoms with Gasteiger partial charge in [-0.15, -0.1) is 0 Å². The molecule has 0 aromatic heterocycles. The number of amides is 1. The number of rotatable bonds is 4. The summed E-state index contributed by atoms with van der Waals surface area (Å²) < 4.78 is 10.9. The molecule has 106 valence electrons. The maximum Gasteiger partial charge on any atom is 0.410 e. The smallest absolute Gasteiger partial charge is 0.410 e. The van der Waals surface area contributed by atoms with Crippen molar-refractivity contribution in [3.05, 3.63) is 36.8 Å². The van der Waals surface area contributed by atoms with Crippen molar-refractivity contribution in [2.75, 3.05) is 13.1 Å². The minimum Gasteiger partial charge on any atom is -0.485 e. The lowest BCUT2D eigenvalue weighted by molar-refractivity contribution is -0.0398. The molecule has 1 fully saturated rings. The van der Waals surface area contributed by atoms with Crippen LogP contribution in [0.25, 0.3) is 0 Å². The average molecular weight is 266 g/mol. The van der Waals surface area contributed by atoms with Gasteiger partial charge in [-0.25, -0.2) is 4.79 Å². The van der Waals surface area contributed by atoms with E-state index >= 15 is 0 Å². The van der Waals surface area contributed by atoms with Crippen molar-refractivity contribution in [3.63, 3.8) is 0 Å². The van der Waals surface area contributed by atoms with Crippen LogP contribution in [0.4, 0.5) is 4.79 Å². The second kappa shape index (κ2) is 6.31. The van der Waals surface area contributed by atoms with Crippen molar-refractivity contribution < 1.29 is 14.3 Å². The van der Waals surface area contributed by atoms with E-state index in [4.69, 9.17) is 15.2 Å². The zero-order chi connectivity index (χ0) is 14.5. The van der Waals surface area contributed by atoms with E-state index in [-0.39, 0.29) is 12.2 Å². The first-order chi connectivity index (χ1) is 8.85. The fourth-order valence-electron chi connectivity index (χ4n) is 1.48. The highest BCUT2D eigenvalue weighted by Gasteiger charge is 2.35. The highest BCUT2D eigenvalue weighted by Crippen LogP contribution is 2.19. The van der Waals surface area contributed by atoms with Crippen LogP contribution in [0, 0.1) is 0 Å². The largest absolute Gasteiger partial charge is 0.485 e. The Hall–Kier alpha value is -1.91. The summed E-state index contributed by atoms with van der Waals surface area (Å²) in [4.78, 5) is 13.3. The molecule has 2 N–H and O–H groups in total. The quantitative estimate of drug-likeness (QED) is 0.625. The third kappa shape index (κ3) is 5.07. The zero-order valence-electron chi connectivity index (χ0n) is 11.8. The molecule has 19 heavy (non-hydrogen) atoms. The molecule has 0 aromatic rings. The number of ether oxygens (including phenoxy) is 2. The lowest BCUT2D eigenvalue weighted by Crippen LogP contribution is -2.55. The Morgan fingerprint density at radius 3 is 2.53 bits per heavy atom. The first-order valence-electron chi connectivity index (χ1n) is 6.21. The van der Waals surface area contributed by atoms with Crippen LogP contribution in [0.5, 0.6) is 0 Å². The van der Waals surface area contributed by atoms with Crippen molar-refractivity contribution in [1.29, 1.82) is 0 Å². The lowest BCUT2D eigenvalue weighted by Gasteiger charge is -2.39. The second-order valence-corrected chi connectivity index (χ2v) is 5.29. The SMILES string of the molecule is C=C/C=C\C(=C/N)OC1CN(C(=O)OC(C)(C)C)C1. The summed E-state index contributed by atoms with van der Waals surface area (Å²) in [5.74, 6) is 0.564. The Balaban J connectivity index is 2.36. The molecular weight excluding hydrogens is 244 g/mol. The molecule has 0 bridgehead atoms. The third-order valence-corrected chi connectivity index (χ3v) is 2.36. The third-order valence-electron chi connectivity index (χ3n) is 2.36. The van der Waals surface area contributed by atoms with Crippen LogP contribution in [0.1, 0.15) is 20.8 Å². The average Bonchev–Trinajstić information content (AvgIpc) is 2.24. The summed E-state index contributed by atoms with van der Waals surface area (Å²) in [5, 5.41) is 0. The summed E-state index contributed by atoms with van der Waals surface area (Å²) in [5.41, 5.74) is 4.97. The molecule has 1 rings (SSSR count). The molecule has 0 saturated carbocycles. The van der Waals surface area contributed by atoms with Crippen LogP contribution in [0.15, 0.2) is 36.8 Å². The fraction of sp³-hybridized carbons (Fsp3) is 0.500. The molecule has 0 aliphatic carbocycles. The monoisotopic (exact) mass is 266 g/mol. The molecule has 1 aliphatic heterocycles. The van der Waals surface area contributed by atoms with Gasteiger partial charge in [-0.05, 0) is 26.8 Å². The summed E-state index contributed by atoms with van der Waals surface area (Å²) in [7, 11) is 0. The maximum absolute atomic E-state index is 11.7. The van der Waals surface area contributed by atoms with Crippen molar-refractivity contribution in [1.82, 2.24) is 4.90 Å². The van der Waals surface area contributed by atoms with Gasteiger partial charge < -0.3 is 20.1 Å². The Morgan fingerprint density at radius 2 is 2.05 bits per heavy atom. The van der Waals surface area contributed by atoms with Crippen LogP contribution in [0.2, 0.25) is 0 Å². The van der Waals surface area contributed by atoms with Gasteiger partial charge in [0.25, 0.3) is 0 Å². The van der Waals surface area contributed by atoms with Gasteiger partial charge in [0, 0.05) is 6.20 Å². The molecule has 1 amide bonds.